The molecule has 3 atom stereocenters. The highest BCUT2D eigenvalue weighted by molar-refractivity contribution is 5.80. The van der Waals surface area contributed by atoms with Crippen molar-refractivity contribution in [3.8, 4) is 0 Å². The van der Waals surface area contributed by atoms with Gasteiger partial charge in [-0.1, -0.05) is 0 Å². The molecule has 1 amide bonds. The van der Waals surface area contributed by atoms with Gasteiger partial charge in [0.15, 0.2) is 0 Å². The minimum Gasteiger partial charge on any atom is -0.384 e. The van der Waals surface area contributed by atoms with Gasteiger partial charge < -0.3 is 15.3 Å². The second-order valence-corrected chi connectivity index (χ2v) is 5.03. The van der Waals surface area contributed by atoms with Crippen LogP contribution >= 0.6 is 0 Å². The number of aliphatic hydroxyl groups is 1. The molecule has 0 saturated carbocycles. The molecule has 1 heterocycles. The molecule has 1 fully saturated rings. The van der Waals surface area contributed by atoms with E-state index in [1.165, 1.54) is 6.92 Å². The molecule has 0 aromatic heterocycles. The van der Waals surface area contributed by atoms with Crippen LogP contribution in [0.25, 0.3) is 0 Å². The standard InChI is InChI=1S/C12H23FN2O2/c1-8(2)15(12(17)9(3)16)7-10-4-5-14-6-11(10)13/h8-11,14,16H,4-7H2,1-3H3. The molecule has 0 aromatic carbocycles. The fourth-order valence-electron chi connectivity index (χ4n) is 2.13. The number of alkyl halides is 1. The van der Waals surface area contributed by atoms with Crippen LogP contribution in [0.1, 0.15) is 27.2 Å². The zero-order valence-electron chi connectivity index (χ0n) is 10.8. The van der Waals surface area contributed by atoms with E-state index in [1.54, 1.807) is 4.90 Å². The van der Waals surface area contributed by atoms with Crippen LogP contribution in [0.15, 0.2) is 0 Å². The van der Waals surface area contributed by atoms with Gasteiger partial charge in [-0.2, -0.15) is 0 Å². The number of nitrogens with one attached hydrogen (secondary N) is 1. The van der Waals surface area contributed by atoms with Gasteiger partial charge in [0.2, 0.25) is 0 Å². The van der Waals surface area contributed by atoms with Gasteiger partial charge in [0.05, 0.1) is 0 Å². The van der Waals surface area contributed by atoms with Crippen LogP contribution in [-0.2, 0) is 4.79 Å². The van der Waals surface area contributed by atoms with Gasteiger partial charge in [-0.25, -0.2) is 4.39 Å². The lowest BCUT2D eigenvalue weighted by Gasteiger charge is -2.35. The average Bonchev–Trinajstić information content (AvgIpc) is 2.26. The molecule has 1 rings (SSSR count). The quantitative estimate of drug-likeness (QED) is 0.762. The van der Waals surface area contributed by atoms with Gasteiger partial charge in [0.1, 0.15) is 12.3 Å². The van der Waals surface area contributed by atoms with E-state index in [-0.39, 0.29) is 17.9 Å². The van der Waals surface area contributed by atoms with E-state index in [1.807, 2.05) is 13.8 Å². The summed E-state index contributed by atoms with van der Waals surface area (Å²) in [6.45, 7) is 6.76. The SMILES string of the molecule is CC(O)C(=O)N(CC1CCNCC1F)C(C)C. The number of nitrogens with zero attached hydrogens (tertiary/aromatic N) is 1. The first-order chi connectivity index (χ1) is 7.93. The molecule has 2 N–H and O–H groups in total. The minimum atomic E-state index is -1.02. The molecule has 0 radical (unpaired) electrons. The van der Waals surface area contributed by atoms with Gasteiger partial charge >= 0.3 is 0 Å². The van der Waals surface area contributed by atoms with E-state index in [0.29, 0.717) is 13.1 Å². The number of aliphatic hydroxyl groups excluding tert-OH is 1. The number of carbonyl (C=O) groups is 1. The predicted molar refractivity (Wildman–Crippen MR) is 64.4 cm³/mol. The third kappa shape index (κ3) is 3.92. The van der Waals surface area contributed by atoms with Gasteiger partial charge in [-0.15, -0.1) is 0 Å². The highest BCUT2D eigenvalue weighted by atomic mass is 19.1. The van der Waals surface area contributed by atoms with E-state index in [4.69, 9.17) is 0 Å². The number of piperidine rings is 1. The maximum Gasteiger partial charge on any atom is 0.251 e. The Bertz CT molecular complexity index is 259. The second kappa shape index (κ2) is 6.31. The summed E-state index contributed by atoms with van der Waals surface area (Å²) in [4.78, 5) is 13.4. The molecule has 100 valence electrons. The fourth-order valence-corrected chi connectivity index (χ4v) is 2.13. The van der Waals surface area contributed by atoms with Crippen LogP contribution in [0, 0.1) is 5.92 Å². The van der Waals surface area contributed by atoms with Crippen molar-refractivity contribution >= 4 is 5.91 Å². The molecular formula is C12H23FN2O2. The summed E-state index contributed by atoms with van der Waals surface area (Å²) >= 11 is 0. The van der Waals surface area contributed by atoms with E-state index in [2.05, 4.69) is 5.32 Å². The molecule has 0 aromatic rings. The van der Waals surface area contributed by atoms with Crippen LogP contribution in [0.4, 0.5) is 4.39 Å². The molecule has 3 unspecified atom stereocenters. The van der Waals surface area contributed by atoms with Crippen LogP contribution < -0.4 is 5.32 Å². The summed E-state index contributed by atoms with van der Waals surface area (Å²) in [5.74, 6) is -0.438. The summed E-state index contributed by atoms with van der Waals surface area (Å²) < 4.78 is 13.7. The van der Waals surface area contributed by atoms with Crippen LogP contribution in [-0.4, -0.2) is 53.9 Å². The molecule has 1 aliphatic rings. The summed E-state index contributed by atoms with van der Waals surface area (Å²) in [6, 6.07) is -0.0146. The van der Waals surface area contributed by atoms with Crippen molar-refractivity contribution in [3.63, 3.8) is 0 Å². The molecule has 0 aliphatic carbocycles. The molecule has 1 saturated heterocycles. The van der Waals surface area contributed by atoms with Gasteiger partial charge in [0, 0.05) is 25.0 Å². The zero-order valence-corrected chi connectivity index (χ0v) is 10.8. The van der Waals surface area contributed by atoms with E-state index in [9.17, 15) is 14.3 Å². The second-order valence-electron chi connectivity index (χ2n) is 5.03. The molecule has 0 bridgehead atoms. The zero-order chi connectivity index (χ0) is 13.0. The van der Waals surface area contributed by atoms with Gasteiger partial charge in [-0.05, 0) is 33.7 Å². The Hall–Kier alpha value is -0.680. The number of rotatable bonds is 4. The highest BCUT2D eigenvalue weighted by Crippen LogP contribution is 2.19. The Morgan fingerprint density at radius 3 is 2.65 bits per heavy atom. The van der Waals surface area contributed by atoms with Crippen molar-refractivity contribution in [3.05, 3.63) is 0 Å². The number of hydrogen-bond donors (Lipinski definition) is 2. The molecule has 4 nitrogen and oxygen atoms in total. The first-order valence-electron chi connectivity index (χ1n) is 6.26. The van der Waals surface area contributed by atoms with Crippen molar-refractivity contribution < 1.29 is 14.3 Å². The fraction of sp³-hybridized carbons (Fsp3) is 0.917. The first-order valence-corrected chi connectivity index (χ1v) is 6.26. The lowest BCUT2D eigenvalue weighted by molar-refractivity contribution is -0.142. The molecule has 1 aliphatic heterocycles. The lowest BCUT2D eigenvalue weighted by Crippen LogP contribution is -2.49. The predicted octanol–water partition coefficient (Wildman–Crippen LogP) is 0.552. The Morgan fingerprint density at radius 2 is 2.18 bits per heavy atom. The summed E-state index contributed by atoms with van der Waals surface area (Å²) in [5, 5.41) is 12.3. The smallest absolute Gasteiger partial charge is 0.251 e. The maximum atomic E-state index is 13.7. The van der Waals surface area contributed by atoms with Crippen molar-refractivity contribution in [2.24, 2.45) is 5.92 Å². The third-order valence-corrected chi connectivity index (χ3v) is 3.24. The van der Waals surface area contributed by atoms with Crippen LogP contribution in [0.2, 0.25) is 0 Å². The summed E-state index contributed by atoms with van der Waals surface area (Å²) in [5.41, 5.74) is 0. The molecule has 17 heavy (non-hydrogen) atoms. The summed E-state index contributed by atoms with van der Waals surface area (Å²) in [7, 11) is 0. The Balaban J connectivity index is 2.62. The van der Waals surface area contributed by atoms with E-state index < -0.39 is 12.3 Å². The number of hydrogen-bond acceptors (Lipinski definition) is 3. The maximum absolute atomic E-state index is 13.7. The highest BCUT2D eigenvalue weighted by Gasteiger charge is 2.30. The number of carbonyl (C=O) groups excluding carboxylic acids is 1. The monoisotopic (exact) mass is 246 g/mol. The van der Waals surface area contributed by atoms with Crippen molar-refractivity contribution in [2.45, 2.75) is 45.5 Å². The Kier molecular flexibility index (Phi) is 5.33. The van der Waals surface area contributed by atoms with Crippen LogP contribution in [0.3, 0.4) is 0 Å². The third-order valence-electron chi connectivity index (χ3n) is 3.24. The Labute approximate surface area is 102 Å². The van der Waals surface area contributed by atoms with Crippen molar-refractivity contribution in [1.29, 1.82) is 0 Å². The van der Waals surface area contributed by atoms with Crippen LogP contribution in [0.5, 0.6) is 0 Å². The normalized spacial score (nSPS) is 26.9. The van der Waals surface area contributed by atoms with E-state index in [0.717, 1.165) is 13.0 Å². The largest absolute Gasteiger partial charge is 0.384 e. The number of halogens is 1. The van der Waals surface area contributed by atoms with Gasteiger partial charge in [-0.3, -0.25) is 4.79 Å². The van der Waals surface area contributed by atoms with Crippen molar-refractivity contribution in [2.75, 3.05) is 19.6 Å². The first kappa shape index (κ1) is 14.4. The Morgan fingerprint density at radius 1 is 1.53 bits per heavy atom. The van der Waals surface area contributed by atoms with Gasteiger partial charge in [0.25, 0.3) is 5.91 Å². The average molecular weight is 246 g/mol. The molecule has 5 heteroatoms. The molecular weight excluding hydrogens is 223 g/mol. The summed E-state index contributed by atoms with van der Waals surface area (Å²) in [6.07, 6.45) is -1.19. The minimum absolute atomic E-state index is 0.0146. The molecule has 0 spiro atoms. The topological polar surface area (TPSA) is 52.6 Å². The number of amides is 1. The van der Waals surface area contributed by atoms with Crippen molar-refractivity contribution in [1.82, 2.24) is 10.2 Å². The lowest BCUT2D eigenvalue weighted by atomic mass is 9.95. The van der Waals surface area contributed by atoms with E-state index >= 15 is 0 Å².